The van der Waals surface area contributed by atoms with Crippen molar-refractivity contribution in [1.82, 2.24) is 25.8 Å². The van der Waals surface area contributed by atoms with Crippen LogP contribution in [0.25, 0.3) is 0 Å². The first kappa shape index (κ1) is 52.8. The average Bonchev–Trinajstić information content (AvgIpc) is 4.02. The zero-order valence-electron chi connectivity index (χ0n) is 39.4. The molecule has 67 heavy (non-hydrogen) atoms. The van der Waals surface area contributed by atoms with E-state index in [0.717, 1.165) is 44.1 Å². The van der Waals surface area contributed by atoms with Gasteiger partial charge in [-0.25, -0.2) is 14.6 Å². The quantitative estimate of drug-likeness (QED) is 0.0543. The van der Waals surface area contributed by atoms with E-state index < -0.39 is 29.7 Å². The molecule has 1 saturated heterocycles. The molecule has 0 radical (unpaired) electrons. The lowest BCUT2D eigenvalue weighted by atomic mass is 9.83. The summed E-state index contributed by atoms with van der Waals surface area (Å²) < 4.78 is 38.4. The van der Waals surface area contributed by atoms with E-state index in [4.69, 9.17) is 38.1 Å². The molecule has 1 aromatic heterocycles. The number of hydrogen-bond donors (Lipinski definition) is 3. The van der Waals surface area contributed by atoms with Gasteiger partial charge in [0.2, 0.25) is 17.6 Å². The second-order valence-electron chi connectivity index (χ2n) is 17.6. The molecule has 1 saturated carbocycles. The SMILES string of the molecule is C[C@@H](CNC(=O)OCc1ccccc1)C(=O)N[C@H](C(=O)N1CCC[C@H]1c1nc(C(=O)c2cccc(OCCOCCOCCOCCOCCNC(=O)OC(C)(C)C)c2)cs1)C1CCCCC1. The van der Waals surface area contributed by atoms with Crippen LogP contribution in [0.4, 0.5) is 9.59 Å². The lowest BCUT2D eigenvalue weighted by Gasteiger charge is -2.35. The minimum absolute atomic E-state index is 0.00459. The predicted octanol–water partition coefficient (Wildman–Crippen LogP) is 6.64. The summed E-state index contributed by atoms with van der Waals surface area (Å²) in [6.45, 7) is 11.6. The molecule has 0 unspecified atom stereocenters. The largest absolute Gasteiger partial charge is 0.491 e. The van der Waals surface area contributed by atoms with Gasteiger partial charge in [0.1, 0.15) is 41.3 Å². The van der Waals surface area contributed by atoms with Gasteiger partial charge in [0.05, 0.1) is 64.8 Å². The first-order chi connectivity index (χ1) is 32.4. The zero-order chi connectivity index (χ0) is 47.9. The van der Waals surface area contributed by atoms with Crippen molar-refractivity contribution in [3.05, 3.63) is 81.8 Å². The molecule has 2 fully saturated rings. The zero-order valence-corrected chi connectivity index (χ0v) is 40.2. The third kappa shape index (κ3) is 18.8. The Morgan fingerprint density at radius 3 is 2.13 bits per heavy atom. The van der Waals surface area contributed by atoms with E-state index in [1.807, 2.05) is 35.2 Å². The van der Waals surface area contributed by atoms with Crippen LogP contribution in [0, 0.1) is 11.8 Å². The number of benzene rings is 2. The molecule has 1 aliphatic heterocycles. The van der Waals surface area contributed by atoms with Crippen molar-refractivity contribution in [2.75, 3.05) is 79.1 Å². The van der Waals surface area contributed by atoms with Gasteiger partial charge in [-0.2, -0.15) is 0 Å². The summed E-state index contributed by atoms with van der Waals surface area (Å²) >= 11 is 1.36. The highest BCUT2D eigenvalue weighted by Crippen LogP contribution is 2.37. The summed E-state index contributed by atoms with van der Waals surface area (Å²) in [5, 5.41) is 10.8. The lowest BCUT2D eigenvalue weighted by Crippen LogP contribution is -2.54. The molecule has 5 rings (SSSR count). The van der Waals surface area contributed by atoms with E-state index in [9.17, 15) is 24.0 Å². The highest BCUT2D eigenvalue weighted by Gasteiger charge is 2.40. The molecule has 1 aliphatic carbocycles. The van der Waals surface area contributed by atoms with Gasteiger partial charge in [0, 0.05) is 30.6 Å². The van der Waals surface area contributed by atoms with Crippen molar-refractivity contribution in [3.8, 4) is 5.75 Å². The Morgan fingerprint density at radius 1 is 0.776 bits per heavy atom. The van der Waals surface area contributed by atoms with Gasteiger partial charge < -0.3 is 54.0 Å². The molecular formula is C49H69N5O12S. The summed E-state index contributed by atoms with van der Waals surface area (Å²) in [6, 6.07) is 15.3. The van der Waals surface area contributed by atoms with Crippen LogP contribution >= 0.6 is 11.3 Å². The Hall–Kier alpha value is -5.14. The fraction of sp³-hybridized carbons (Fsp3) is 0.592. The molecule has 3 atom stereocenters. The van der Waals surface area contributed by atoms with E-state index in [-0.39, 0.29) is 49.3 Å². The Kier molecular flexibility index (Phi) is 22.3. The van der Waals surface area contributed by atoms with Gasteiger partial charge in [0.25, 0.3) is 0 Å². The van der Waals surface area contributed by atoms with Crippen molar-refractivity contribution in [2.45, 2.75) is 96.9 Å². The first-order valence-electron chi connectivity index (χ1n) is 23.4. The van der Waals surface area contributed by atoms with Crippen LogP contribution in [-0.4, -0.2) is 130 Å². The Morgan fingerprint density at radius 2 is 1.45 bits per heavy atom. The monoisotopic (exact) mass is 951 g/mol. The van der Waals surface area contributed by atoms with Crippen LogP contribution in [0.3, 0.4) is 0 Å². The van der Waals surface area contributed by atoms with E-state index in [1.54, 1.807) is 57.3 Å². The molecule has 0 bridgehead atoms. The second-order valence-corrected chi connectivity index (χ2v) is 18.5. The van der Waals surface area contributed by atoms with Crippen LogP contribution < -0.4 is 20.7 Å². The molecule has 2 aromatic carbocycles. The molecule has 0 spiro atoms. The number of amides is 4. The van der Waals surface area contributed by atoms with Crippen molar-refractivity contribution in [2.24, 2.45) is 11.8 Å². The standard InChI is InChI=1S/C49H69N5O12S/c1-35(32-51-47(58)65-33-36-13-7-5-8-14-36)44(56)53-42(37-15-9-6-10-16-37)46(57)54-21-12-19-41(54)45-52-40(34-67-45)43(55)38-17-11-18-39(31-38)64-30-29-63-28-27-62-26-25-61-24-23-60-22-20-50-48(59)66-49(2,3)4/h5,7-8,11,13-14,17-18,31,34-35,37,41-42H,6,9-10,12,15-16,19-30,32-33H2,1-4H3,(H,50,59)(H,51,58)(H,53,56)/t35-,41-,42-/m0/s1. The third-order valence-corrected chi connectivity index (χ3v) is 12.0. The number of hydrogen-bond acceptors (Lipinski definition) is 14. The number of ketones is 1. The van der Waals surface area contributed by atoms with Gasteiger partial charge in [-0.1, -0.05) is 68.7 Å². The summed E-state index contributed by atoms with van der Waals surface area (Å²) in [5.41, 5.74) is 1.04. The Balaban J connectivity index is 1.000. The number of carbonyl (C=O) groups excluding carboxylic acids is 5. The van der Waals surface area contributed by atoms with Crippen molar-refractivity contribution in [3.63, 3.8) is 0 Å². The van der Waals surface area contributed by atoms with Crippen LogP contribution in [0.5, 0.6) is 5.75 Å². The van der Waals surface area contributed by atoms with Gasteiger partial charge >= 0.3 is 12.2 Å². The third-order valence-electron chi connectivity index (χ3n) is 11.1. The highest BCUT2D eigenvalue weighted by molar-refractivity contribution is 7.10. The minimum atomic E-state index is -0.707. The van der Waals surface area contributed by atoms with Gasteiger partial charge in [-0.05, 0) is 70.1 Å². The normalized spacial score (nSPS) is 16.2. The number of aromatic nitrogens is 1. The number of alkyl carbamates (subject to hydrolysis) is 2. The predicted molar refractivity (Wildman–Crippen MR) is 251 cm³/mol. The van der Waals surface area contributed by atoms with Crippen LogP contribution in [0.1, 0.15) is 105 Å². The maximum atomic E-state index is 14.4. The fourth-order valence-corrected chi connectivity index (χ4v) is 8.60. The van der Waals surface area contributed by atoms with Crippen molar-refractivity contribution < 1.29 is 57.1 Å². The average molecular weight is 952 g/mol. The fourth-order valence-electron chi connectivity index (χ4n) is 7.65. The molecular weight excluding hydrogens is 883 g/mol. The molecule has 368 valence electrons. The number of ether oxygens (including phenoxy) is 7. The van der Waals surface area contributed by atoms with Crippen molar-refractivity contribution in [1.29, 1.82) is 0 Å². The Bertz CT molecular complexity index is 1990. The molecule has 4 amide bonds. The topological polar surface area (TPSA) is 202 Å². The van der Waals surface area contributed by atoms with Crippen molar-refractivity contribution >= 4 is 41.1 Å². The maximum absolute atomic E-state index is 14.4. The smallest absolute Gasteiger partial charge is 0.407 e. The molecule has 3 N–H and O–H groups in total. The molecule has 2 aliphatic rings. The molecule has 17 nitrogen and oxygen atoms in total. The van der Waals surface area contributed by atoms with E-state index in [0.29, 0.717) is 94.4 Å². The number of nitrogens with one attached hydrogen (secondary N) is 3. The summed E-state index contributed by atoms with van der Waals surface area (Å²) in [6.07, 6.45) is 5.14. The summed E-state index contributed by atoms with van der Waals surface area (Å²) in [5.74, 6) is -0.772. The minimum Gasteiger partial charge on any atom is -0.491 e. The number of thiazole rings is 1. The van der Waals surface area contributed by atoms with Gasteiger partial charge in [-0.15, -0.1) is 11.3 Å². The molecule has 18 heteroatoms. The first-order valence-corrected chi connectivity index (χ1v) is 24.3. The number of likely N-dealkylation sites (tertiary alicyclic amines) is 1. The maximum Gasteiger partial charge on any atom is 0.407 e. The van der Waals surface area contributed by atoms with Crippen LogP contribution in [-0.2, 0) is 44.6 Å². The summed E-state index contributed by atoms with van der Waals surface area (Å²) in [4.78, 5) is 72.2. The number of nitrogens with zero attached hydrogens (tertiary/aromatic N) is 2. The van der Waals surface area contributed by atoms with E-state index in [2.05, 4.69) is 16.0 Å². The number of rotatable bonds is 27. The van der Waals surface area contributed by atoms with Gasteiger partial charge in [0.15, 0.2) is 0 Å². The highest BCUT2D eigenvalue weighted by atomic mass is 32.1. The van der Waals surface area contributed by atoms with Crippen LogP contribution in [0.15, 0.2) is 60.0 Å². The van der Waals surface area contributed by atoms with E-state index in [1.165, 1.54) is 11.3 Å². The summed E-state index contributed by atoms with van der Waals surface area (Å²) in [7, 11) is 0. The number of carbonyl (C=O) groups is 5. The lowest BCUT2D eigenvalue weighted by molar-refractivity contribution is -0.140. The van der Waals surface area contributed by atoms with Gasteiger partial charge in [-0.3, -0.25) is 14.4 Å². The second kappa shape index (κ2) is 28.3. The molecule has 3 aromatic rings. The Labute approximate surface area is 398 Å². The van der Waals surface area contributed by atoms with E-state index >= 15 is 0 Å². The molecule has 2 heterocycles. The van der Waals surface area contributed by atoms with Crippen LogP contribution in [0.2, 0.25) is 0 Å².